The van der Waals surface area contributed by atoms with Crippen LogP contribution in [0.15, 0.2) is 18.2 Å². The number of amides is 1. The number of benzene rings is 1. The molecule has 3 aliphatic carbocycles. The van der Waals surface area contributed by atoms with Crippen LogP contribution >= 0.6 is 0 Å². The average Bonchev–Trinajstić information content (AvgIpc) is 3.25. The molecule has 0 saturated heterocycles. The van der Waals surface area contributed by atoms with E-state index in [9.17, 15) is 9.90 Å². The molecule has 1 N–H and O–H groups in total. The van der Waals surface area contributed by atoms with Crippen LogP contribution in [0.2, 0.25) is 0 Å². The predicted octanol–water partition coefficient (Wildman–Crippen LogP) is 8.30. The van der Waals surface area contributed by atoms with Gasteiger partial charge >= 0.3 is 0 Å². The van der Waals surface area contributed by atoms with E-state index < -0.39 is 0 Å². The summed E-state index contributed by atoms with van der Waals surface area (Å²) >= 11 is 0. The Kier molecular flexibility index (Phi) is 11.2. The number of methoxy groups -OCH3 is 1. The summed E-state index contributed by atoms with van der Waals surface area (Å²) in [6.07, 6.45) is 20.1. The van der Waals surface area contributed by atoms with Crippen LogP contribution in [-0.4, -0.2) is 42.7 Å². The van der Waals surface area contributed by atoms with Crippen LogP contribution in [0.4, 0.5) is 0 Å². The number of hydrogen-bond donors (Lipinski definition) is 1. The minimum atomic E-state index is -0.110. The van der Waals surface area contributed by atoms with Crippen molar-refractivity contribution in [3.05, 3.63) is 29.3 Å². The molecule has 3 aliphatic rings. The molecule has 4 nitrogen and oxygen atoms in total. The van der Waals surface area contributed by atoms with Crippen molar-refractivity contribution >= 4 is 5.91 Å². The fourth-order valence-corrected chi connectivity index (χ4v) is 8.60. The topological polar surface area (TPSA) is 49.8 Å². The average molecular weight is 540 g/mol. The Balaban J connectivity index is 1.21. The molecule has 0 aliphatic heterocycles. The zero-order chi connectivity index (χ0) is 27.8. The van der Waals surface area contributed by atoms with Crippen molar-refractivity contribution < 1.29 is 14.6 Å². The van der Waals surface area contributed by atoms with Crippen LogP contribution in [0.5, 0.6) is 5.75 Å². The van der Waals surface area contributed by atoms with Crippen LogP contribution in [-0.2, 0) is 11.2 Å². The first-order valence-electron chi connectivity index (χ1n) is 16.5. The van der Waals surface area contributed by atoms with Crippen molar-refractivity contribution in [2.24, 2.45) is 23.2 Å². The first kappa shape index (κ1) is 30.4. The van der Waals surface area contributed by atoms with E-state index in [1.807, 2.05) is 11.9 Å². The van der Waals surface area contributed by atoms with Crippen molar-refractivity contribution in [2.45, 2.75) is 135 Å². The molecule has 0 aromatic heterocycles. The summed E-state index contributed by atoms with van der Waals surface area (Å²) in [7, 11) is 3.73. The summed E-state index contributed by atoms with van der Waals surface area (Å²) in [4.78, 5) is 14.1. The molecule has 220 valence electrons. The lowest BCUT2D eigenvalue weighted by atomic mass is 9.52. The van der Waals surface area contributed by atoms with Gasteiger partial charge in [-0.1, -0.05) is 71.3 Å². The number of carbonyl (C=O) groups is 1. The maximum atomic E-state index is 12.2. The fraction of sp³-hybridized carbons (Fsp3) is 0.800. The number of aliphatic hydroxyl groups excluding tert-OH is 1. The second kappa shape index (κ2) is 14.4. The van der Waals surface area contributed by atoms with Crippen LogP contribution in [0.3, 0.4) is 0 Å². The molecular weight excluding hydrogens is 482 g/mol. The van der Waals surface area contributed by atoms with Gasteiger partial charge in [-0.2, -0.15) is 0 Å². The maximum absolute atomic E-state index is 12.2. The lowest BCUT2D eigenvalue weighted by Gasteiger charge is -2.53. The van der Waals surface area contributed by atoms with E-state index in [1.165, 1.54) is 82.6 Å². The van der Waals surface area contributed by atoms with Crippen molar-refractivity contribution in [3.8, 4) is 5.75 Å². The van der Waals surface area contributed by atoms with Crippen LogP contribution in [0.25, 0.3) is 0 Å². The van der Waals surface area contributed by atoms with Gasteiger partial charge < -0.3 is 14.7 Å². The summed E-state index contributed by atoms with van der Waals surface area (Å²) in [5.41, 5.74) is 3.23. The third-order valence-corrected chi connectivity index (χ3v) is 11.0. The van der Waals surface area contributed by atoms with Gasteiger partial charge in [0.2, 0.25) is 5.91 Å². The van der Waals surface area contributed by atoms with E-state index in [4.69, 9.17) is 4.74 Å². The molecule has 2 saturated carbocycles. The number of hydrogen-bond acceptors (Lipinski definition) is 3. The van der Waals surface area contributed by atoms with Crippen molar-refractivity contribution in [1.82, 2.24) is 4.90 Å². The van der Waals surface area contributed by atoms with E-state index in [2.05, 4.69) is 32.0 Å². The molecule has 0 radical (unpaired) electrons. The molecule has 6 atom stereocenters. The van der Waals surface area contributed by atoms with E-state index in [1.54, 1.807) is 12.7 Å². The molecule has 1 aromatic rings. The molecule has 0 heterocycles. The zero-order valence-electron chi connectivity index (χ0n) is 25.6. The van der Waals surface area contributed by atoms with Gasteiger partial charge in [-0.15, -0.1) is 0 Å². The van der Waals surface area contributed by atoms with Gasteiger partial charge in [0.25, 0.3) is 0 Å². The Labute approximate surface area is 239 Å². The van der Waals surface area contributed by atoms with E-state index in [0.29, 0.717) is 17.7 Å². The lowest BCUT2D eigenvalue weighted by Crippen LogP contribution is -2.47. The Bertz CT molecular complexity index is 915. The van der Waals surface area contributed by atoms with E-state index in [-0.39, 0.29) is 11.5 Å². The van der Waals surface area contributed by atoms with Gasteiger partial charge in [0, 0.05) is 20.0 Å². The third-order valence-electron chi connectivity index (χ3n) is 11.0. The second-order valence-corrected chi connectivity index (χ2v) is 13.5. The number of nitrogens with zero attached hydrogens (tertiary/aromatic N) is 1. The normalized spacial score (nSPS) is 29.4. The first-order chi connectivity index (χ1) is 18.9. The van der Waals surface area contributed by atoms with Crippen molar-refractivity contribution in [1.29, 1.82) is 0 Å². The highest BCUT2D eigenvalue weighted by Gasteiger charge is 2.56. The minimum absolute atomic E-state index is 0.110. The standard InChI is InChI=1S/C35H57NO3/c1-5-6-23-36(3)33(38)16-14-12-10-8-7-9-11-13-15-26-24-27-25-28(39-4)17-18-29(27)30-21-22-35(2)31(34(26)30)19-20-32(35)37/h17-18,25-26,30-32,34,37H,5-16,19-24H2,1-4H3/t26-,30-,31+,32+,34-,35+/m1/s1. The molecule has 1 amide bonds. The molecule has 2 fully saturated rings. The first-order valence-corrected chi connectivity index (χ1v) is 16.5. The number of ether oxygens (including phenoxy) is 1. The minimum Gasteiger partial charge on any atom is -0.497 e. The van der Waals surface area contributed by atoms with Crippen LogP contribution < -0.4 is 4.74 Å². The third kappa shape index (κ3) is 7.21. The molecule has 39 heavy (non-hydrogen) atoms. The Morgan fingerprint density at radius 3 is 2.46 bits per heavy atom. The van der Waals surface area contributed by atoms with Gasteiger partial charge in [-0.05, 0) is 104 Å². The SMILES string of the molecule is CCCCN(C)C(=O)CCCCCCCCCC[C@@H]1Cc2cc(OC)ccc2[C@H]2CC[C@]3(C)[C@@H](O)CC[C@H]3[C@H]12. The summed E-state index contributed by atoms with van der Waals surface area (Å²) < 4.78 is 5.60. The van der Waals surface area contributed by atoms with Gasteiger partial charge in [0.1, 0.15) is 5.75 Å². The Morgan fingerprint density at radius 1 is 1.03 bits per heavy atom. The highest BCUT2D eigenvalue weighted by atomic mass is 16.5. The van der Waals surface area contributed by atoms with Gasteiger partial charge in [-0.25, -0.2) is 0 Å². The Morgan fingerprint density at radius 2 is 1.74 bits per heavy atom. The van der Waals surface area contributed by atoms with Crippen molar-refractivity contribution in [2.75, 3.05) is 20.7 Å². The summed E-state index contributed by atoms with van der Waals surface area (Å²) in [5.74, 6) is 4.11. The monoisotopic (exact) mass is 539 g/mol. The van der Waals surface area contributed by atoms with Crippen molar-refractivity contribution in [3.63, 3.8) is 0 Å². The largest absolute Gasteiger partial charge is 0.497 e. The fourth-order valence-electron chi connectivity index (χ4n) is 8.60. The molecule has 0 unspecified atom stereocenters. The van der Waals surface area contributed by atoms with E-state index >= 15 is 0 Å². The smallest absolute Gasteiger partial charge is 0.222 e. The second-order valence-electron chi connectivity index (χ2n) is 13.5. The molecular formula is C35H57NO3. The maximum Gasteiger partial charge on any atom is 0.222 e. The van der Waals surface area contributed by atoms with E-state index in [0.717, 1.165) is 56.2 Å². The number of carbonyl (C=O) groups excluding carboxylic acids is 1. The highest BCUT2D eigenvalue weighted by molar-refractivity contribution is 5.75. The highest BCUT2D eigenvalue weighted by Crippen LogP contribution is 2.62. The number of aliphatic hydroxyl groups is 1. The predicted molar refractivity (Wildman–Crippen MR) is 161 cm³/mol. The number of rotatable bonds is 15. The lowest BCUT2D eigenvalue weighted by molar-refractivity contribution is -0.130. The molecule has 4 heteroatoms. The quantitative estimate of drug-likeness (QED) is 0.228. The number of unbranched alkanes of at least 4 members (excludes halogenated alkanes) is 8. The number of fused-ring (bicyclic) bond motifs is 5. The zero-order valence-corrected chi connectivity index (χ0v) is 25.6. The summed E-state index contributed by atoms with van der Waals surface area (Å²) in [6.45, 7) is 5.47. The Hall–Kier alpha value is -1.55. The van der Waals surface area contributed by atoms with Gasteiger partial charge in [-0.3, -0.25) is 4.79 Å². The van der Waals surface area contributed by atoms with Gasteiger partial charge in [0.15, 0.2) is 0 Å². The molecule has 0 bridgehead atoms. The summed E-state index contributed by atoms with van der Waals surface area (Å²) in [5, 5.41) is 10.9. The van der Waals surface area contributed by atoms with Crippen LogP contribution in [0.1, 0.15) is 134 Å². The molecule has 0 spiro atoms. The van der Waals surface area contributed by atoms with Gasteiger partial charge in [0.05, 0.1) is 13.2 Å². The van der Waals surface area contributed by atoms with Crippen LogP contribution in [0, 0.1) is 23.2 Å². The molecule has 1 aromatic carbocycles. The molecule has 4 rings (SSSR count). The summed E-state index contributed by atoms with van der Waals surface area (Å²) in [6, 6.07) is 6.83.